The standard InChI is InChI=1S/C36H38Cl3N3O4S/c1-5-26(4)40-36(44)34(19-27-9-7-6-8-10-27)41(22-28-14-16-29(37)20-32(28)39)35(43)23-42(33-21-30(38)15-13-25(33)3)47(45,46)31-17-11-24(2)12-18-31/h6-18,20-21,26,34H,5,19,22-23H2,1-4H3,(H,40,44)/t26-,34+/m0/s1. The summed E-state index contributed by atoms with van der Waals surface area (Å²) >= 11 is 19.1. The largest absolute Gasteiger partial charge is 0.352 e. The van der Waals surface area contributed by atoms with Crippen molar-refractivity contribution in [2.45, 2.75) is 64.1 Å². The van der Waals surface area contributed by atoms with E-state index < -0.39 is 28.5 Å². The first-order chi connectivity index (χ1) is 22.3. The molecule has 4 aromatic carbocycles. The highest BCUT2D eigenvalue weighted by Crippen LogP contribution is 2.31. The van der Waals surface area contributed by atoms with Crippen molar-refractivity contribution in [1.29, 1.82) is 0 Å². The highest BCUT2D eigenvalue weighted by molar-refractivity contribution is 7.92. The molecule has 0 spiro atoms. The molecule has 2 amide bonds. The topological polar surface area (TPSA) is 86.8 Å². The molecule has 0 unspecified atom stereocenters. The van der Waals surface area contributed by atoms with Crippen molar-refractivity contribution in [2.75, 3.05) is 10.8 Å². The highest BCUT2D eigenvalue weighted by atomic mass is 35.5. The zero-order valence-corrected chi connectivity index (χ0v) is 29.8. The fraction of sp³-hybridized carbons (Fsp3) is 0.278. The van der Waals surface area contributed by atoms with Gasteiger partial charge in [0.15, 0.2) is 0 Å². The molecule has 11 heteroatoms. The lowest BCUT2D eigenvalue weighted by atomic mass is 10.0. The number of carbonyl (C=O) groups excluding carboxylic acids is 2. The van der Waals surface area contributed by atoms with Crippen molar-refractivity contribution in [3.63, 3.8) is 0 Å². The van der Waals surface area contributed by atoms with E-state index in [0.29, 0.717) is 32.6 Å². The number of halogens is 3. The normalized spacial score (nSPS) is 12.7. The van der Waals surface area contributed by atoms with E-state index in [1.807, 2.05) is 51.1 Å². The van der Waals surface area contributed by atoms with Crippen molar-refractivity contribution < 1.29 is 18.0 Å². The van der Waals surface area contributed by atoms with Gasteiger partial charge in [0.2, 0.25) is 11.8 Å². The number of carbonyl (C=O) groups is 2. The van der Waals surface area contributed by atoms with Crippen molar-refractivity contribution >= 4 is 62.3 Å². The average Bonchev–Trinajstić information content (AvgIpc) is 3.04. The molecule has 0 saturated heterocycles. The average molecular weight is 715 g/mol. The van der Waals surface area contributed by atoms with Crippen molar-refractivity contribution in [1.82, 2.24) is 10.2 Å². The molecule has 2 atom stereocenters. The van der Waals surface area contributed by atoms with Gasteiger partial charge < -0.3 is 10.2 Å². The molecule has 0 aliphatic heterocycles. The van der Waals surface area contributed by atoms with Crippen LogP contribution >= 0.6 is 34.8 Å². The van der Waals surface area contributed by atoms with E-state index in [4.69, 9.17) is 34.8 Å². The van der Waals surface area contributed by atoms with Crippen LogP contribution in [-0.4, -0.2) is 43.8 Å². The summed E-state index contributed by atoms with van der Waals surface area (Å²) in [6.07, 6.45) is 0.859. The van der Waals surface area contributed by atoms with Gasteiger partial charge in [-0.25, -0.2) is 8.42 Å². The minimum atomic E-state index is -4.27. The Morgan fingerprint density at radius 1 is 0.851 bits per heavy atom. The Morgan fingerprint density at radius 3 is 2.13 bits per heavy atom. The Hall–Kier alpha value is -3.56. The maximum Gasteiger partial charge on any atom is 0.264 e. The molecule has 0 radical (unpaired) electrons. The van der Waals surface area contributed by atoms with E-state index in [0.717, 1.165) is 15.4 Å². The third kappa shape index (κ3) is 9.29. The second kappa shape index (κ2) is 16.0. The Bertz CT molecular complexity index is 1820. The fourth-order valence-electron chi connectivity index (χ4n) is 5.03. The molecule has 0 aliphatic carbocycles. The summed E-state index contributed by atoms with van der Waals surface area (Å²) < 4.78 is 29.6. The van der Waals surface area contributed by atoms with Gasteiger partial charge in [0.1, 0.15) is 12.6 Å². The second-order valence-electron chi connectivity index (χ2n) is 11.5. The van der Waals surface area contributed by atoms with Crippen molar-refractivity contribution in [2.24, 2.45) is 0 Å². The number of benzene rings is 4. The molecule has 0 heterocycles. The fourth-order valence-corrected chi connectivity index (χ4v) is 7.14. The summed E-state index contributed by atoms with van der Waals surface area (Å²) in [4.78, 5) is 30.1. The first-order valence-electron chi connectivity index (χ1n) is 15.2. The monoisotopic (exact) mass is 713 g/mol. The number of anilines is 1. The minimum Gasteiger partial charge on any atom is -0.352 e. The molecule has 4 aromatic rings. The minimum absolute atomic E-state index is 0.0120. The van der Waals surface area contributed by atoms with Gasteiger partial charge in [-0.1, -0.05) is 102 Å². The number of rotatable bonds is 13. The Labute approximate surface area is 292 Å². The van der Waals surface area contributed by atoms with Crippen LogP contribution in [0.15, 0.2) is 95.9 Å². The molecule has 1 N–H and O–H groups in total. The zero-order chi connectivity index (χ0) is 34.3. The maximum absolute atomic E-state index is 14.7. The van der Waals surface area contributed by atoms with Gasteiger partial charge in [0.25, 0.3) is 10.0 Å². The molecule has 248 valence electrons. The summed E-state index contributed by atoms with van der Waals surface area (Å²) in [5, 5.41) is 4.06. The SMILES string of the molecule is CC[C@H](C)NC(=O)[C@@H](Cc1ccccc1)N(Cc1ccc(Cl)cc1Cl)C(=O)CN(c1cc(Cl)ccc1C)S(=O)(=O)c1ccc(C)cc1. The number of nitrogens with one attached hydrogen (secondary N) is 1. The quantitative estimate of drug-likeness (QED) is 0.152. The summed E-state index contributed by atoms with van der Waals surface area (Å²) in [7, 11) is -4.27. The van der Waals surface area contributed by atoms with Gasteiger partial charge in [-0.2, -0.15) is 0 Å². The number of aryl methyl sites for hydroxylation is 2. The molecule has 0 bridgehead atoms. The van der Waals surface area contributed by atoms with Crippen LogP contribution in [0, 0.1) is 13.8 Å². The summed E-state index contributed by atoms with van der Waals surface area (Å²) in [6, 6.07) is 24.4. The van der Waals surface area contributed by atoms with E-state index >= 15 is 0 Å². The van der Waals surface area contributed by atoms with E-state index in [1.54, 1.807) is 49.4 Å². The van der Waals surface area contributed by atoms with Gasteiger partial charge in [-0.3, -0.25) is 13.9 Å². The first-order valence-corrected chi connectivity index (χ1v) is 17.8. The highest BCUT2D eigenvalue weighted by Gasteiger charge is 2.35. The number of sulfonamides is 1. The van der Waals surface area contributed by atoms with Crippen LogP contribution in [0.1, 0.15) is 42.5 Å². The van der Waals surface area contributed by atoms with Crippen LogP contribution in [0.25, 0.3) is 0 Å². The van der Waals surface area contributed by atoms with Crippen LogP contribution in [0.5, 0.6) is 0 Å². The molecule has 0 aliphatic rings. The summed E-state index contributed by atoms with van der Waals surface area (Å²) in [5.74, 6) is -0.972. The van der Waals surface area contributed by atoms with Crippen LogP contribution in [-0.2, 0) is 32.6 Å². The van der Waals surface area contributed by atoms with Gasteiger partial charge in [-0.05, 0) is 80.3 Å². The van der Waals surface area contributed by atoms with Gasteiger partial charge in [0, 0.05) is 34.1 Å². The lowest BCUT2D eigenvalue weighted by Gasteiger charge is -2.35. The van der Waals surface area contributed by atoms with E-state index in [1.165, 1.54) is 23.1 Å². The summed E-state index contributed by atoms with van der Waals surface area (Å²) in [5.41, 5.74) is 3.10. The van der Waals surface area contributed by atoms with Crippen molar-refractivity contribution in [3.8, 4) is 0 Å². The number of amides is 2. The van der Waals surface area contributed by atoms with Crippen LogP contribution in [0.4, 0.5) is 5.69 Å². The van der Waals surface area contributed by atoms with Crippen LogP contribution < -0.4 is 9.62 Å². The molecule has 0 aromatic heterocycles. The van der Waals surface area contributed by atoms with E-state index in [9.17, 15) is 18.0 Å². The molecule has 0 fully saturated rings. The van der Waals surface area contributed by atoms with E-state index in [-0.39, 0.29) is 35.5 Å². The molecule has 4 rings (SSSR count). The molecule has 7 nitrogen and oxygen atoms in total. The molecular weight excluding hydrogens is 677 g/mol. The third-order valence-corrected chi connectivity index (χ3v) is 10.6. The van der Waals surface area contributed by atoms with Crippen LogP contribution in [0.3, 0.4) is 0 Å². The zero-order valence-electron chi connectivity index (χ0n) is 26.7. The number of hydrogen-bond acceptors (Lipinski definition) is 4. The number of nitrogens with zero attached hydrogens (tertiary/aromatic N) is 2. The first kappa shape index (κ1) is 36.3. The molecule has 0 saturated carbocycles. The molecular formula is C36H38Cl3N3O4S. The smallest absolute Gasteiger partial charge is 0.264 e. The predicted octanol–water partition coefficient (Wildman–Crippen LogP) is 8.01. The van der Waals surface area contributed by atoms with E-state index in [2.05, 4.69) is 5.32 Å². The van der Waals surface area contributed by atoms with Gasteiger partial charge in [0.05, 0.1) is 10.6 Å². The lowest BCUT2D eigenvalue weighted by Crippen LogP contribution is -2.54. The Morgan fingerprint density at radius 2 is 1.49 bits per heavy atom. The predicted molar refractivity (Wildman–Crippen MR) is 191 cm³/mol. The maximum atomic E-state index is 14.7. The second-order valence-corrected chi connectivity index (χ2v) is 14.7. The number of hydrogen-bond donors (Lipinski definition) is 1. The van der Waals surface area contributed by atoms with Gasteiger partial charge >= 0.3 is 0 Å². The Balaban J connectivity index is 1.86. The van der Waals surface area contributed by atoms with Gasteiger partial charge in [-0.15, -0.1) is 0 Å². The summed E-state index contributed by atoms with van der Waals surface area (Å²) in [6.45, 7) is 6.76. The lowest BCUT2D eigenvalue weighted by molar-refractivity contribution is -0.140. The molecule has 47 heavy (non-hydrogen) atoms. The Kier molecular flexibility index (Phi) is 12.4. The van der Waals surface area contributed by atoms with Crippen LogP contribution in [0.2, 0.25) is 15.1 Å². The van der Waals surface area contributed by atoms with Crippen molar-refractivity contribution in [3.05, 3.63) is 128 Å². The third-order valence-electron chi connectivity index (χ3n) is 7.96.